The van der Waals surface area contributed by atoms with E-state index in [1.807, 2.05) is 0 Å². The third-order valence-corrected chi connectivity index (χ3v) is 6.40. The second-order valence-electron chi connectivity index (χ2n) is 8.18. The maximum atomic E-state index is 13.6. The number of allylic oxidation sites excluding steroid dienone is 5. The Bertz CT molecular complexity index is 974. The third kappa shape index (κ3) is 10.5. The fourth-order valence-electron chi connectivity index (χ4n) is 3.55. The third-order valence-electron chi connectivity index (χ3n) is 5.10. The molecule has 0 amide bonds. The van der Waals surface area contributed by atoms with Gasteiger partial charge in [0.05, 0.1) is 12.1 Å². The molecular formula is C27H35NO9S. The molecule has 0 radical (unpaired) electrons. The average molecular weight is 550 g/mol. The van der Waals surface area contributed by atoms with Crippen LogP contribution in [0.3, 0.4) is 0 Å². The predicted molar refractivity (Wildman–Crippen MR) is 143 cm³/mol. The number of ether oxygens (including phenoxy) is 5. The number of thioether (sulfide) groups is 1. The molecule has 0 saturated carbocycles. The molecule has 1 rings (SSSR count). The number of nitrogens with two attached hydrogens (primary N) is 1. The molecule has 1 fully saturated rings. The van der Waals surface area contributed by atoms with Gasteiger partial charge in [-0.05, 0) is 11.6 Å². The van der Waals surface area contributed by atoms with Crippen molar-refractivity contribution in [2.75, 3.05) is 13.2 Å². The van der Waals surface area contributed by atoms with Crippen LogP contribution in [0.4, 0.5) is 0 Å². The van der Waals surface area contributed by atoms with E-state index in [-0.39, 0.29) is 32.5 Å². The van der Waals surface area contributed by atoms with E-state index in [4.69, 9.17) is 29.4 Å². The van der Waals surface area contributed by atoms with Crippen molar-refractivity contribution in [3.8, 4) is 0 Å². The molecule has 0 aromatic carbocycles. The molecule has 5 atom stereocenters. The first kappa shape index (κ1) is 32.6. The van der Waals surface area contributed by atoms with Gasteiger partial charge in [-0.1, -0.05) is 68.5 Å². The molecule has 11 heteroatoms. The van der Waals surface area contributed by atoms with E-state index in [9.17, 15) is 19.2 Å². The molecule has 0 aliphatic carbocycles. The quantitative estimate of drug-likeness (QED) is 0.131. The van der Waals surface area contributed by atoms with E-state index < -0.39 is 47.2 Å². The Morgan fingerprint density at radius 3 is 2.45 bits per heavy atom. The van der Waals surface area contributed by atoms with Crippen LogP contribution >= 0.6 is 11.8 Å². The summed E-state index contributed by atoms with van der Waals surface area (Å²) in [6.07, 6.45) is 6.29. The van der Waals surface area contributed by atoms with E-state index in [0.717, 1.165) is 11.8 Å². The largest absolute Gasteiger partial charge is 0.464 e. The summed E-state index contributed by atoms with van der Waals surface area (Å²) in [4.78, 5) is 46.6. The number of esters is 3. The van der Waals surface area contributed by atoms with Gasteiger partial charge in [0.15, 0.2) is 0 Å². The summed E-state index contributed by atoms with van der Waals surface area (Å²) in [5, 5.41) is 0. The smallest absolute Gasteiger partial charge is 0.349 e. The average Bonchev–Trinajstić information content (AvgIpc) is 2.86. The molecule has 1 heterocycles. The number of hydrogen-bond acceptors (Lipinski definition) is 11. The molecule has 0 bridgehead atoms. The number of carbonyl (C=O) groups excluding carboxylic acids is 4. The Balaban J connectivity index is 3.48. The van der Waals surface area contributed by atoms with E-state index >= 15 is 0 Å². The maximum absolute atomic E-state index is 13.6. The molecule has 0 spiro atoms. The minimum Gasteiger partial charge on any atom is -0.464 e. The minimum absolute atomic E-state index is 0.0781. The summed E-state index contributed by atoms with van der Waals surface area (Å²) in [5.41, 5.74) is 6.89. The van der Waals surface area contributed by atoms with Gasteiger partial charge in [-0.3, -0.25) is 14.4 Å². The van der Waals surface area contributed by atoms with Crippen LogP contribution in [0.15, 0.2) is 73.3 Å². The number of carbonyl (C=O) groups is 4. The summed E-state index contributed by atoms with van der Waals surface area (Å²) in [5.74, 6) is -2.03. The predicted octanol–water partition coefficient (Wildman–Crippen LogP) is 3.06. The van der Waals surface area contributed by atoms with Crippen LogP contribution in [0.25, 0.3) is 0 Å². The highest BCUT2D eigenvalue weighted by Gasteiger charge is 2.54. The second-order valence-corrected chi connectivity index (χ2v) is 9.51. The summed E-state index contributed by atoms with van der Waals surface area (Å²) in [7, 11) is 0. The second kappa shape index (κ2) is 16.4. The zero-order chi connectivity index (χ0) is 28.7. The van der Waals surface area contributed by atoms with Gasteiger partial charge in [0.2, 0.25) is 4.93 Å². The lowest BCUT2D eigenvalue weighted by molar-refractivity contribution is -0.194. The normalized spacial score (nSPS) is 24.0. The molecular weight excluding hydrogens is 514 g/mol. The van der Waals surface area contributed by atoms with Gasteiger partial charge in [0.1, 0.15) is 25.4 Å². The van der Waals surface area contributed by atoms with E-state index in [1.165, 1.54) is 26.0 Å². The van der Waals surface area contributed by atoms with Crippen molar-refractivity contribution in [3.63, 3.8) is 0 Å². The van der Waals surface area contributed by atoms with Crippen molar-refractivity contribution < 1.29 is 42.9 Å². The van der Waals surface area contributed by atoms with Crippen LogP contribution in [-0.2, 0) is 42.9 Å². The van der Waals surface area contributed by atoms with Gasteiger partial charge in [-0.15, -0.1) is 0 Å². The molecule has 1 aliphatic heterocycles. The Morgan fingerprint density at radius 2 is 1.89 bits per heavy atom. The van der Waals surface area contributed by atoms with Gasteiger partial charge in [-0.25, -0.2) is 4.79 Å². The Kier molecular flexibility index (Phi) is 14.1. The van der Waals surface area contributed by atoms with Gasteiger partial charge in [-0.2, -0.15) is 0 Å². The van der Waals surface area contributed by atoms with E-state index in [1.54, 1.807) is 24.3 Å². The fourth-order valence-corrected chi connectivity index (χ4v) is 4.74. The molecule has 0 aromatic heterocycles. The molecule has 1 saturated heterocycles. The van der Waals surface area contributed by atoms with Crippen LogP contribution in [0.2, 0.25) is 0 Å². The fraction of sp³-hybridized carbons (Fsp3) is 0.407. The zero-order valence-corrected chi connectivity index (χ0v) is 22.5. The first-order chi connectivity index (χ1) is 18.0. The van der Waals surface area contributed by atoms with Crippen LogP contribution < -0.4 is 5.73 Å². The lowest BCUT2D eigenvalue weighted by Gasteiger charge is -2.45. The highest BCUT2D eigenvalue weighted by atomic mass is 32.2. The number of rotatable bonds is 16. The molecule has 38 heavy (non-hydrogen) atoms. The topological polar surface area (TPSA) is 140 Å². The SMILES string of the molecule is C=C/C=C\C(=C)COC(=O)C1(S/C(C=C)=C/C=C)C[C@@H](OC(C)=O)C(N)C(CC(COC=O)OC(C)=O)O1. The summed E-state index contributed by atoms with van der Waals surface area (Å²) in [6, 6.07) is -0.921. The van der Waals surface area contributed by atoms with Crippen molar-refractivity contribution in [1.29, 1.82) is 0 Å². The van der Waals surface area contributed by atoms with Crippen molar-refractivity contribution in [1.82, 2.24) is 0 Å². The summed E-state index contributed by atoms with van der Waals surface area (Å²) >= 11 is 0.980. The highest BCUT2D eigenvalue weighted by molar-refractivity contribution is 8.05. The number of hydrogen-bond donors (Lipinski definition) is 1. The van der Waals surface area contributed by atoms with Crippen LogP contribution in [0, 0.1) is 0 Å². The highest BCUT2D eigenvalue weighted by Crippen LogP contribution is 2.45. The van der Waals surface area contributed by atoms with Gasteiger partial charge in [0.25, 0.3) is 6.47 Å². The van der Waals surface area contributed by atoms with Crippen molar-refractivity contribution in [2.45, 2.75) is 56.0 Å². The molecule has 2 N–H and O–H groups in total. The zero-order valence-electron chi connectivity index (χ0n) is 21.7. The standard InChI is InChI=1S/C27H35NO9S/c1-7-10-12-18(4)15-34-26(32)27(38-22(9-3)11-8-2)14-24(36-20(6)31)25(28)23(37-27)13-21(16-33-17-29)35-19(5)30/h7-12,17,21,23-25H,1-4,13-16,28H2,5-6H3/b12-10-,22-11+/t21?,23?,24-,25?,27?/m1/s1. The summed E-state index contributed by atoms with van der Waals surface area (Å²) in [6.45, 7) is 17.0. The molecule has 4 unspecified atom stereocenters. The Hall–Kier alpha value is -3.41. The van der Waals surface area contributed by atoms with Crippen molar-refractivity contribution in [2.24, 2.45) is 5.73 Å². The van der Waals surface area contributed by atoms with E-state index in [2.05, 4.69) is 26.3 Å². The molecule has 10 nitrogen and oxygen atoms in total. The van der Waals surface area contributed by atoms with Crippen LogP contribution in [-0.4, -0.2) is 66.9 Å². The molecule has 208 valence electrons. The van der Waals surface area contributed by atoms with Gasteiger partial charge < -0.3 is 29.4 Å². The first-order valence-electron chi connectivity index (χ1n) is 11.6. The molecule has 1 aliphatic rings. The monoisotopic (exact) mass is 549 g/mol. The first-order valence-corrected chi connectivity index (χ1v) is 12.4. The van der Waals surface area contributed by atoms with Crippen molar-refractivity contribution in [3.05, 3.63) is 73.3 Å². The Labute approximate surface area is 227 Å². The minimum atomic E-state index is -1.75. The Morgan fingerprint density at radius 1 is 1.18 bits per heavy atom. The van der Waals surface area contributed by atoms with Gasteiger partial charge in [0, 0.05) is 31.6 Å². The lowest BCUT2D eigenvalue weighted by Crippen LogP contribution is -2.61. The van der Waals surface area contributed by atoms with Crippen LogP contribution in [0.5, 0.6) is 0 Å². The lowest BCUT2D eigenvalue weighted by atomic mass is 9.92. The molecule has 0 aromatic rings. The van der Waals surface area contributed by atoms with Crippen LogP contribution in [0.1, 0.15) is 26.7 Å². The summed E-state index contributed by atoms with van der Waals surface area (Å²) < 4.78 is 27.3. The maximum Gasteiger partial charge on any atom is 0.349 e. The van der Waals surface area contributed by atoms with E-state index in [0.29, 0.717) is 10.5 Å². The van der Waals surface area contributed by atoms with Gasteiger partial charge >= 0.3 is 17.9 Å². The van der Waals surface area contributed by atoms with Crippen molar-refractivity contribution >= 4 is 36.1 Å².